The normalized spacial score (nSPS) is 8.81. The molecule has 1 aromatic rings. The molecule has 0 aliphatic rings. The quantitative estimate of drug-likeness (QED) is 0.625. The number of aliphatic carboxylic acids is 1. The Morgan fingerprint density at radius 1 is 1.50 bits per heavy atom. The van der Waals surface area contributed by atoms with Crippen molar-refractivity contribution in [1.82, 2.24) is 0 Å². The van der Waals surface area contributed by atoms with E-state index in [1.54, 1.807) is 11.8 Å². The van der Waals surface area contributed by atoms with E-state index in [0.717, 1.165) is 4.90 Å². The highest BCUT2D eigenvalue weighted by Gasteiger charge is 1.98. The molecule has 88 valence electrons. The molecule has 0 saturated heterocycles. The Kier molecular flexibility index (Phi) is 7.97. The summed E-state index contributed by atoms with van der Waals surface area (Å²) in [6.45, 7) is 1.78. The standard InChI is InChI=1S/C10H12O2S.CH2O2/c1-8-3-2-4-9(7-8)13-6-5-10(11)12;2-1-3/h2-4,7H,5-6H2,1H3,(H,11,12);1H,(H,2,3). The van der Waals surface area contributed by atoms with Gasteiger partial charge in [0, 0.05) is 10.6 Å². The minimum atomic E-state index is -0.736. The van der Waals surface area contributed by atoms with Crippen molar-refractivity contribution in [2.45, 2.75) is 18.2 Å². The van der Waals surface area contributed by atoms with E-state index in [9.17, 15) is 4.79 Å². The molecule has 5 heteroatoms. The number of hydrogen-bond donors (Lipinski definition) is 2. The number of carboxylic acids is 1. The third-order valence-electron chi connectivity index (χ3n) is 1.57. The van der Waals surface area contributed by atoms with E-state index in [0.29, 0.717) is 5.75 Å². The Morgan fingerprint density at radius 3 is 2.62 bits per heavy atom. The van der Waals surface area contributed by atoms with Crippen LogP contribution in [0.15, 0.2) is 29.2 Å². The summed E-state index contributed by atoms with van der Waals surface area (Å²) in [4.78, 5) is 19.7. The second kappa shape index (κ2) is 8.79. The molecule has 2 N–H and O–H groups in total. The number of thioether (sulfide) groups is 1. The minimum Gasteiger partial charge on any atom is -0.483 e. The molecule has 0 unspecified atom stereocenters. The molecular formula is C11H14O4S. The zero-order chi connectivity index (χ0) is 12.4. The van der Waals surface area contributed by atoms with Crippen molar-refractivity contribution in [2.75, 3.05) is 5.75 Å². The van der Waals surface area contributed by atoms with Crippen LogP contribution in [0.25, 0.3) is 0 Å². The van der Waals surface area contributed by atoms with E-state index in [2.05, 4.69) is 6.07 Å². The van der Waals surface area contributed by atoms with Crippen LogP contribution < -0.4 is 0 Å². The molecule has 0 aromatic heterocycles. The number of carbonyl (C=O) groups is 2. The Hall–Kier alpha value is -1.49. The molecule has 0 amide bonds. The maximum atomic E-state index is 10.2. The summed E-state index contributed by atoms with van der Waals surface area (Å²) < 4.78 is 0. The van der Waals surface area contributed by atoms with E-state index < -0.39 is 5.97 Å². The fourth-order valence-electron chi connectivity index (χ4n) is 0.961. The first-order valence-electron chi connectivity index (χ1n) is 4.59. The highest BCUT2D eigenvalue weighted by molar-refractivity contribution is 7.99. The maximum Gasteiger partial charge on any atom is 0.304 e. The SMILES string of the molecule is Cc1cccc(SCCC(=O)O)c1.O=CO. The molecule has 0 heterocycles. The van der Waals surface area contributed by atoms with Gasteiger partial charge in [-0.1, -0.05) is 17.7 Å². The molecule has 1 rings (SSSR count). The summed E-state index contributed by atoms with van der Waals surface area (Å²) in [6.07, 6.45) is 0.221. The minimum absolute atomic E-state index is 0.221. The number of aryl methyl sites for hydroxylation is 1. The zero-order valence-electron chi connectivity index (χ0n) is 8.92. The third-order valence-corrected chi connectivity index (χ3v) is 2.57. The lowest BCUT2D eigenvalue weighted by Gasteiger charge is -2.00. The first-order chi connectivity index (χ1) is 7.60. The molecule has 0 fully saturated rings. The molecule has 1 aromatic carbocycles. The van der Waals surface area contributed by atoms with Crippen molar-refractivity contribution in [3.05, 3.63) is 29.8 Å². The van der Waals surface area contributed by atoms with Gasteiger partial charge in [0.2, 0.25) is 0 Å². The average molecular weight is 242 g/mol. The maximum absolute atomic E-state index is 10.2. The topological polar surface area (TPSA) is 74.6 Å². The molecule has 0 bridgehead atoms. The Morgan fingerprint density at radius 2 is 2.12 bits per heavy atom. The van der Waals surface area contributed by atoms with E-state index in [4.69, 9.17) is 15.0 Å². The van der Waals surface area contributed by atoms with Gasteiger partial charge in [-0.2, -0.15) is 0 Å². The molecule has 0 atom stereocenters. The zero-order valence-corrected chi connectivity index (χ0v) is 9.74. The highest BCUT2D eigenvalue weighted by atomic mass is 32.2. The summed E-state index contributed by atoms with van der Waals surface area (Å²) in [5.41, 5.74) is 1.21. The summed E-state index contributed by atoms with van der Waals surface area (Å²) in [5, 5.41) is 15.3. The van der Waals surface area contributed by atoms with E-state index in [1.807, 2.05) is 25.1 Å². The van der Waals surface area contributed by atoms with Crippen LogP contribution in [0.2, 0.25) is 0 Å². The largest absolute Gasteiger partial charge is 0.483 e. The van der Waals surface area contributed by atoms with Crippen molar-refractivity contribution in [3.8, 4) is 0 Å². The summed E-state index contributed by atoms with van der Waals surface area (Å²) in [7, 11) is 0. The van der Waals surface area contributed by atoms with Crippen molar-refractivity contribution in [3.63, 3.8) is 0 Å². The molecular weight excluding hydrogens is 228 g/mol. The second-order valence-corrected chi connectivity index (χ2v) is 4.08. The summed E-state index contributed by atoms with van der Waals surface area (Å²) >= 11 is 1.58. The predicted molar refractivity (Wildman–Crippen MR) is 62.8 cm³/mol. The van der Waals surface area contributed by atoms with E-state index in [1.165, 1.54) is 5.56 Å². The predicted octanol–water partition coefficient (Wildman–Crippen LogP) is 2.26. The van der Waals surface area contributed by atoms with Gasteiger partial charge in [-0.05, 0) is 19.1 Å². The highest BCUT2D eigenvalue weighted by Crippen LogP contribution is 2.19. The fourth-order valence-corrected chi connectivity index (χ4v) is 1.92. The Balaban J connectivity index is 0.000000673. The van der Waals surface area contributed by atoms with Crippen LogP contribution in [0.4, 0.5) is 0 Å². The molecule has 0 spiro atoms. The number of benzene rings is 1. The van der Waals surface area contributed by atoms with Gasteiger partial charge in [0.15, 0.2) is 0 Å². The van der Waals surface area contributed by atoms with Gasteiger partial charge in [-0.15, -0.1) is 11.8 Å². The smallest absolute Gasteiger partial charge is 0.304 e. The lowest BCUT2D eigenvalue weighted by molar-refractivity contribution is -0.136. The first-order valence-corrected chi connectivity index (χ1v) is 5.57. The van der Waals surface area contributed by atoms with Crippen molar-refractivity contribution in [1.29, 1.82) is 0 Å². The van der Waals surface area contributed by atoms with Crippen LogP contribution in [0, 0.1) is 6.92 Å². The van der Waals surface area contributed by atoms with Gasteiger partial charge < -0.3 is 10.2 Å². The van der Waals surface area contributed by atoms with Crippen LogP contribution in [0.3, 0.4) is 0 Å². The lowest BCUT2D eigenvalue weighted by atomic mass is 10.2. The molecule has 4 nitrogen and oxygen atoms in total. The van der Waals surface area contributed by atoms with Gasteiger partial charge in [0.25, 0.3) is 6.47 Å². The molecule has 16 heavy (non-hydrogen) atoms. The van der Waals surface area contributed by atoms with E-state index >= 15 is 0 Å². The first kappa shape index (κ1) is 14.5. The van der Waals surface area contributed by atoms with Crippen LogP contribution in [-0.4, -0.2) is 28.4 Å². The third kappa shape index (κ3) is 7.87. The van der Waals surface area contributed by atoms with Crippen LogP contribution in [0.1, 0.15) is 12.0 Å². The molecule has 0 radical (unpaired) electrons. The van der Waals surface area contributed by atoms with Crippen LogP contribution >= 0.6 is 11.8 Å². The van der Waals surface area contributed by atoms with Gasteiger partial charge in [0.1, 0.15) is 0 Å². The monoisotopic (exact) mass is 242 g/mol. The average Bonchev–Trinajstić information content (AvgIpc) is 2.18. The van der Waals surface area contributed by atoms with Gasteiger partial charge in [0.05, 0.1) is 6.42 Å². The molecule has 0 aliphatic heterocycles. The molecule has 0 saturated carbocycles. The van der Waals surface area contributed by atoms with Crippen molar-refractivity contribution < 1.29 is 19.8 Å². The van der Waals surface area contributed by atoms with Gasteiger partial charge in [-0.25, -0.2) is 0 Å². The number of rotatable bonds is 4. The Bertz CT molecular complexity index is 339. The van der Waals surface area contributed by atoms with Gasteiger partial charge >= 0.3 is 5.97 Å². The lowest BCUT2D eigenvalue weighted by Crippen LogP contribution is -1.95. The fraction of sp³-hybridized carbons (Fsp3) is 0.273. The Labute approximate surface area is 98.3 Å². The summed E-state index contributed by atoms with van der Waals surface area (Å²) in [6, 6.07) is 8.08. The van der Waals surface area contributed by atoms with Crippen molar-refractivity contribution >= 4 is 24.2 Å². The van der Waals surface area contributed by atoms with Gasteiger partial charge in [-0.3, -0.25) is 9.59 Å². The number of hydrogen-bond acceptors (Lipinski definition) is 3. The van der Waals surface area contributed by atoms with Crippen LogP contribution in [0.5, 0.6) is 0 Å². The summed E-state index contributed by atoms with van der Waals surface area (Å²) in [5.74, 6) is -0.0983. The van der Waals surface area contributed by atoms with Crippen LogP contribution in [-0.2, 0) is 9.59 Å². The van der Waals surface area contributed by atoms with Crippen molar-refractivity contribution in [2.24, 2.45) is 0 Å². The molecule has 0 aliphatic carbocycles. The number of carboxylic acid groups (broad SMARTS) is 2. The van der Waals surface area contributed by atoms with E-state index in [-0.39, 0.29) is 12.9 Å². The second-order valence-electron chi connectivity index (χ2n) is 2.91.